The Bertz CT molecular complexity index is 731. The Labute approximate surface area is 172 Å². The van der Waals surface area contributed by atoms with E-state index in [1.54, 1.807) is 18.5 Å². The minimum atomic E-state index is -0.0796. The van der Waals surface area contributed by atoms with Crippen molar-refractivity contribution in [1.29, 1.82) is 0 Å². The molecule has 1 aliphatic carbocycles. The lowest BCUT2D eigenvalue weighted by atomic mass is 9.78. The minimum absolute atomic E-state index is 0. The molecule has 1 saturated carbocycles. The van der Waals surface area contributed by atoms with E-state index >= 15 is 0 Å². The van der Waals surface area contributed by atoms with E-state index in [9.17, 15) is 4.39 Å². The minimum Gasteiger partial charge on any atom is -0.356 e. The summed E-state index contributed by atoms with van der Waals surface area (Å²) < 4.78 is 13.8. The van der Waals surface area contributed by atoms with Gasteiger partial charge in [-0.1, -0.05) is 18.2 Å². The number of halogens is 3. The molecule has 1 aromatic carbocycles. The number of rotatable bonds is 4. The molecular weight excluding hydrogens is 386 g/mol. The summed E-state index contributed by atoms with van der Waals surface area (Å²) in [5.74, 6) is 1.98. The molecule has 2 fully saturated rings. The van der Waals surface area contributed by atoms with Crippen molar-refractivity contribution in [3.63, 3.8) is 0 Å². The van der Waals surface area contributed by atoms with Gasteiger partial charge in [0.15, 0.2) is 0 Å². The Morgan fingerprint density at radius 2 is 1.78 bits per heavy atom. The summed E-state index contributed by atoms with van der Waals surface area (Å²) in [6, 6.07) is 9.60. The molecule has 0 bridgehead atoms. The van der Waals surface area contributed by atoms with Gasteiger partial charge in [0, 0.05) is 36.8 Å². The van der Waals surface area contributed by atoms with Crippen molar-refractivity contribution < 1.29 is 4.39 Å². The highest BCUT2D eigenvalue weighted by atomic mass is 35.5. The van der Waals surface area contributed by atoms with Gasteiger partial charge >= 0.3 is 0 Å². The van der Waals surface area contributed by atoms with E-state index in [0.29, 0.717) is 17.9 Å². The third-order valence-corrected chi connectivity index (χ3v) is 5.67. The van der Waals surface area contributed by atoms with Gasteiger partial charge in [-0.25, -0.2) is 14.4 Å². The highest BCUT2D eigenvalue weighted by molar-refractivity contribution is 5.85. The Morgan fingerprint density at radius 1 is 1.07 bits per heavy atom. The molecule has 4 nitrogen and oxygen atoms in total. The van der Waals surface area contributed by atoms with E-state index in [4.69, 9.17) is 5.73 Å². The topological polar surface area (TPSA) is 55.0 Å². The zero-order chi connectivity index (χ0) is 17.2. The second kappa shape index (κ2) is 9.67. The highest BCUT2D eigenvalue weighted by Crippen LogP contribution is 2.35. The quantitative estimate of drug-likeness (QED) is 0.819. The van der Waals surface area contributed by atoms with Crippen LogP contribution in [0.5, 0.6) is 0 Å². The molecule has 2 N–H and O–H groups in total. The largest absolute Gasteiger partial charge is 0.356 e. The van der Waals surface area contributed by atoms with Crippen LogP contribution < -0.4 is 10.6 Å². The molecule has 1 aromatic heterocycles. The summed E-state index contributed by atoms with van der Waals surface area (Å²) in [6.45, 7) is 1.94. The van der Waals surface area contributed by atoms with Gasteiger partial charge in [0.1, 0.15) is 18.0 Å². The first kappa shape index (κ1) is 21.9. The van der Waals surface area contributed by atoms with E-state index in [1.807, 2.05) is 12.1 Å². The zero-order valence-corrected chi connectivity index (χ0v) is 16.9. The molecule has 1 aliphatic heterocycles. The van der Waals surface area contributed by atoms with Crippen LogP contribution in [0.3, 0.4) is 0 Å². The molecule has 2 heterocycles. The normalized spacial score (nSPS) is 22.4. The van der Waals surface area contributed by atoms with Gasteiger partial charge in [-0.3, -0.25) is 0 Å². The Hall–Kier alpha value is -1.43. The number of benzene rings is 1. The summed E-state index contributed by atoms with van der Waals surface area (Å²) in [4.78, 5) is 11.2. The fourth-order valence-corrected chi connectivity index (χ4v) is 4.00. The number of anilines is 1. The predicted molar refractivity (Wildman–Crippen MR) is 112 cm³/mol. The number of nitrogens with two attached hydrogens (primary N) is 1. The Balaban J connectivity index is 0.00000131. The van der Waals surface area contributed by atoms with Crippen LogP contribution in [0.4, 0.5) is 10.2 Å². The maximum Gasteiger partial charge on any atom is 0.132 e. The van der Waals surface area contributed by atoms with Crippen LogP contribution in [0.25, 0.3) is 0 Å². The van der Waals surface area contributed by atoms with Crippen LogP contribution in [0.2, 0.25) is 0 Å². The van der Waals surface area contributed by atoms with Crippen molar-refractivity contribution in [3.8, 4) is 0 Å². The second-order valence-corrected chi connectivity index (χ2v) is 7.46. The average Bonchev–Trinajstić information content (AvgIpc) is 2.62. The lowest BCUT2D eigenvalue weighted by Crippen LogP contribution is -2.36. The summed E-state index contributed by atoms with van der Waals surface area (Å²) in [6.07, 6.45) is 6.71. The van der Waals surface area contributed by atoms with Crippen molar-refractivity contribution >= 4 is 30.6 Å². The molecule has 0 unspecified atom stereocenters. The van der Waals surface area contributed by atoms with Crippen LogP contribution >= 0.6 is 24.8 Å². The second-order valence-electron chi connectivity index (χ2n) is 7.46. The molecule has 2 aromatic rings. The highest BCUT2D eigenvalue weighted by Gasteiger charge is 2.29. The third-order valence-electron chi connectivity index (χ3n) is 5.67. The Kier molecular flexibility index (Phi) is 7.83. The monoisotopic (exact) mass is 412 g/mol. The van der Waals surface area contributed by atoms with Gasteiger partial charge in [0.25, 0.3) is 0 Å². The van der Waals surface area contributed by atoms with E-state index in [2.05, 4.69) is 20.9 Å². The standard InChI is InChI=1S/C20H25FN4.2ClH/c21-18-4-2-1-3-15(18)9-14-5-7-25(8-6-14)20-12-19(23-13-24-20)16-10-17(22)11-16;;/h1-4,12-14,16-17H,5-11,22H2;2*1H. The first-order valence-electron chi connectivity index (χ1n) is 9.25. The molecule has 0 spiro atoms. The molecule has 148 valence electrons. The molecule has 0 amide bonds. The molecule has 0 atom stereocenters. The molecule has 7 heteroatoms. The van der Waals surface area contributed by atoms with Gasteiger partial charge in [0.2, 0.25) is 0 Å². The van der Waals surface area contributed by atoms with Gasteiger partial charge in [-0.05, 0) is 49.7 Å². The molecular formula is C20H27Cl2FN4. The molecule has 2 aliphatic rings. The van der Waals surface area contributed by atoms with Crippen LogP contribution in [0.1, 0.15) is 42.9 Å². The van der Waals surface area contributed by atoms with Crippen LogP contribution in [-0.2, 0) is 6.42 Å². The Morgan fingerprint density at radius 3 is 2.44 bits per heavy atom. The first-order chi connectivity index (χ1) is 12.2. The van der Waals surface area contributed by atoms with Crippen molar-refractivity contribution in [1.82, 2.24) is 9.97 Å². The summed E-state index contributed by atoms with van der Waals surface area (Å²) in [7, 11) is 0. The fraction of sp³-hybridized carbons (Fsp3) is 0.500. The van der Waals surface area contributed by atoms with Crippen LogP contribution in [0.15, 0.2) is 36.7 Å². The SMILES string of the molecule is Cl.Cl.NC1CC(c2cc(N3CCC(Cc4ccccc4F)CC3)ncn2)C1. The lowest BCUT2D eigenvalue weighted by molar-refractivity contribution is 0.344. The summed E-state index contributed by atoms with van der Waals surface area (Å²) in [5, 5.41) is 0. The number of aromatic nitrogens is 2. The first-order valence-corrected chi connectivity index (χ1v) is 9.25. The zero-order valence-electron chi connectivity index (χ0n) is 15.3. The molecule has 0 radical (unpaired) electrons. The van der Waals surface area contributed by atoms with E-state index in [0.717, 1.165) is 62.3 Å². The molecule has 1 saturated heterocycles. The molecule has 27 heavy (non-hydrogen) atoms. The van der Waals surface area contributed by atoms with Crippen LogP contribution in [-0.4, -0.2) is 29.1 Å². The van der Waals surface area contributed by atoms with Gasteiger partial charge < -0.3 is 10.6 Å². The molecule has 4 rings (SSSR count). The summed E-state index contributed by atoms with van der Waals surface area (Å²) in [5.41, 5.74) is 7.86. The van der Waals surface area contributed by atoms with Crippen molar-refractivity contribution in [2.75, 3.05) is 18.0 Å². The van der Waals surface area contributed by atoms with Gasteiger partial charge in [0.05, 0.1) is 0 Å². The van der Waals surface area contributed by atoms with E-state index < -0.39 is 0 Å². The van der Waals surface area contributed by atoms with E-state index in [-0.39, 0.29) is 30.6 Å². The maximum absolute atomic E-state index is 13.8. The summed E-state index contributed by atoms with van der Waals surface area (Å²) >= 11 is 0. The lowest BCUT2D eigenvalue weighted by Gasteiger charge is -2.34. The maximum atomic E-state index is 13.8. The fourth-order valence-electron chi connectivity index (χ4n) is 4.00. The number of piperidine rings is 1. The third kappa shape index (κ3) is 5.09. The van der Waals surface area contributed by atoms with Crippen molar-refractivity contribution in [2.24, 2.45) is 11.7 Å². The van der Waals surface area contributed by atoms with Gasteiger partial charge in [-0.15, -0.1) is 24.8 Å². The smallest absolute Gasteiger partial charge is 0.132 e. The van der Waals surface area contributed by atoms with Gasteiger partial charge in [-0.2, -0.15) is 0 Å². The predicted octanol–water partition coefficient (Wildman–Crippen LogP) is 4.12. The van der Waals surface area contributed by atoms with Crippen molar-refractivity contribution in [2.45, 2.75) is 44.1 Å². The number of nitrogens with zero attached hydrogens (tertiary/aromatic N) is 3. The number of hydrogen-bond acceptors (Lipinski definition) is 4. The van der Waals surface area contributed by atoms with E-state index in [1.165, 1.54) is 0 Å². The average molecular weight is 413 g/mol. The number of hydrogen-bond donors (Lipinski definition) is 1. The van der Waals surface area contributed by atoms with Crippen molar-refractivity contribution in [3.05, 3.63) is 53.7 Å². The van der Waals surface area contributed by atoms with Crippen LogP contribution in [0, 0.1) is 11.7 Å².